The zero-order chi connectivity index (χ0) is 21.8. The van der Waals surface area contributed by atoms with Crippen molar-refractivity contribution >= 4 is 21.7 Å². The topological polar surface area (TPSA) is 104 Å². The fraction of sp³-hybridized carbons (Fsp3) is 0.238. The van der Waals surface area contributed by atoms with Crippen molar-refractivity contribution in [1.29, 1.82) is 0 Å². The van der Waals surface area contributed by atoms with Crippen LogP contribution < -0.4 is 10.1 Å². The number of hydrogen-bond acceptors (Lipinski definition) is 5. The maximum atomic E-state index is 13.3. The van der Waals surface area contributed by atoms with E-state index in [2.05, 4.69) is 15.5 Å². The summed E-state index contributed by atoms with van der Waals surface area (Å²) in [5.74, 6) is -0.158. The van der Waals surface area contributed by atoms with Crippen LogP contribution in [0.1, 0.15) is 12.8 Å². The van der Waals surface area contributed by atoms with Gasteiger partial charge in [-0.2, -0.15) is 9.40 Å². The SMILES string of the molecule is O=C(COc1ccc(S(=O)(=O)N2CCCC2)cc1)Nc1cc(-c2cccc(F)c2)[nH]n1. The highest BCUT2D eigenvalue weighted by Gasteiger charge is 2.26. The quantitative estimate of drug-likeness (QED) is 0.583. The third-order valence-corrected chi connectivity index (χ3v) is 6.79. The Hall–Kier alpha value is -3.24. The van der Waals surface area contributed by atoms with E-state index in [0.29, 0.717) is 30.1 Å². The van der Waals surface area contributed by atoms with Gasteiger partial charge in [-0.3, -0.25) is 9.89 Å². The molecule has 0 spiro atoms. The summed E-state index contributed by atoms with van der Waals surface area (Å²) in [7, 11) is -3.49. The molecule has 4 rings (SSSR count). The number of hydrogen-bond donors (Lipinski definition) is 2. The zero-order valence-corrected chi connectivity index (χ0v) is 17.4. The molecule has 8 nitrogen and oxygen atoms in total. The number of ether oxygens (including phenoxy) is 1. The van der Waals surface area contributed by atoms with Crippen LogP contribution in [-0.2, 0) is 14.8 Å². The summed E-state index contributed by atoms with van der Waals surface area (Å²) in [6.07, 6.45) is 1.74. The average molecular weight is 444 g/mol. The number of rotatable bonds is 7. The molecule has 0 aliphatic carbocycles. The summed E-state index contributed by atoms with van der Waals surface area (Å²) in [5.41, 5.74) is 1.17. The summed E-state index contributed by atoms with van der Waals surface area (Å²) in [5, 5.41) is 9.31. The van der Waals surface area contributed by atoms with E-state index in [1.54, 1.807) is 18.2 Å². The second-order valence-electron chi connectivity index (χ2n) is 7.10. The molecule has 31 heavy (non-hydrogen) atoms. The summed E-state index contributed by atoms with van der Waals surface area (Å²) < 4.78 is 45.3. The molecule has 2 aromatic carbocycles. The van der Waals surface area contributed by atoms with Gasteiger partial charge in [0, 0.05) is 24.7 Å². The number of H-pyrrole nitrogens is 1. The number of carbonyl (C=O) groups excluding carboxylic acids is 1. The van der Waals surface area contributed by atoms with Crippen LogP contribution in [0.3, 0.4) is 0 Å². The van der Waals surface area contributed by atoms with Crippen molar-refractivity contribution in [2.75, 3.05) is 25.0 Å². The molecule has 1 aromatic heterocycles. The van der Waals surface area contributed by atoms with Crippen LogP contribution in [-0.4, -0.2) is 48.5 Å². The van der Waals surface area contributed by atoms with Crippen molar-refractivity contribution in [3.63, 3.8) is 0 Å². The summed E-state index contributed by atoms with van der Waals surface area (Å²) in [6, 6.07) is 13.6. The van der Waals surface area contributed by atoms with Crippen LogP contribution in [0.4, 0.5) is 10.2 Å². The summed E-state index contributed by atoms with van der Waals surface area (Å²) in [6.45, 7) is 0.796. The Morgan fingerprint density at radius 3 is 2.58 bits per heavy atom. The number of carbonyl (C=O) groups is 1. The fourth-order valence-electron chi connectivity index (χ4n) is 3.30. The molecule has 0 atom stereocenters. The lowest BCUT2D eigenvalue weighted by atomic mass is 10.1. The molecule has 1 aliphatic heterocycles. The minimum atomic E-state index is -3.49. The molecule has 1 fully saturated rings. The zero-order valence-electron chi connectivity index (χ0n) is 16.5. The molecule has 2 N–H and O–H groups in total. The van der Waals surface area contributed by atoms with Crippen molar-refractivity contribution in [2.24, 2.45) is 0 Å². The van der Waals surface area contributed by atoms with Crippen molar-refractivity contribution < 1.29 is 22.3 Å². The first-order valence-electron chi connectivity index (χ1n) is 9.76. The van der Waals surface area contributed by atoms with Crippen molar-refractivity contribution in [2.45, 2.75) is 17.7 Å². The molecule has 0 saturated carbocycles. The first-order chi connectivity index (χ1) is 14.9. The average Bonchev–Trinajstić information content (AvgIpc) is 3.45. The molecule has 162 valence electrons. The lowest BCUT2D eigenvalue weighted by Gasteiger charge is -2.15. The minimum Gasteiger partial charge on any atom is -0.484 e. The first-order valence-corrected chi connectivity index (χ1v) is 11.2. The maximum Gasteiger partial charge on any atom is 0.263 e. The monoisotopic (exact) mass is 444 g/mol. The van der Waals surface area contributed by atoms with Gasteiger partial charge in [0.05, 0.1) is 10.6 Å². The molecule has 10 heteroatoms. The number of amides is 1. The van der Waals surface area contributed by atoms with Crippen LogP contribution in [0.15, 0.2) is 59.5 Å². The van der Waals surface area contributed by atoms with Crippen molar-refractivity contribution in [3.8, 4) is 17.0 Å². The molecular weight excluding hydrogens is 423 g/mol. The van der Waals surface area contributed by atoms with E-state index in [0.717, 1.165) is 12.8 Å². The highest BCUT2D eigenvalue weighted by molar-refractivity contribution is 7.89. The molecule has 1 saturated heterocycles. The second kappa shape index (κ2) is 8.86. The Morgan fingerprint density at radius 1 is 1.13 bits per heavy atom. The van der Waals surface area contributed by atoms with Gasteiger partial charge < -0.3 is 10.1 Å². The van der Waals surface area contributed by atoms with E-state index < -0.39 is 15.9 Å². The summed E-state index contributed by atoms with van der Waals surface area (Å²) in [4.78, 5) is 12.3. The Morgan fingerprint density at radius 2 is 1.87 bits per heavy atom. The van der Waals surface area contributed by atoms with Gasteiger partial charge in [0.2, 0.25) is 10.0 Å². The number of benzene rings is 2. The van der Waals surface area contributed by atoms with Crippen molar-refractivity contribution in [1.82, 2.24) is 14.5 Å². The fourth-order valence-corrected chi connectivity index (χ4v) is 4.82. The van der Waals surface area contributed by atoms with Gasteiger partial charge in [0.15, 0.2) is 12.4 Å². The van der Waals surface area contributed by atoms with E-state index in [1.165, 1.54) is 40.7 Å². The van der Waals surface area contributed by atoms with E-state index >= 15 is 0 Å². The number of aromatic nitrogens is 2. The van der Waals surface area contributed by atoms with Gasteiger partial charge in [-0.15, -0.1) is 0 Å². The Kier molecular flexibility index (Phi) is 6.01. The molecule has 2 heterocycles. The number of aromatic amines is 1. The molecule has 0 radical (unpaired) electrons. The summed E-state index contributed by atoms with van der Waals surface area (Å²) >= 11 is 0. The second-order valence-corrected chi connectivity index (χ2v) is 9.03. The Labute approximate surface area is 179 Å². The number of halogens is 1. The molecular formula is C21H21FN4O4S. The van der Waals surface area contributed by atoms with Gasteiger partial charge in [0.1, 0.15) is 11.6 Å². The normalized spacial score (nSPS) is 14.5. The van der Waals surface area contributed by atoms with Gasteiger partial charge in [-0.25, -0.2) is 12.8 Å². The van der Waals surface area contributed by atoms with Crippen LogP contribution in [0.5, 0.6) is 5.75 Å². The molecule has 1 amide bonds. The standard InChI is InChI=1S/C21H21FN4O4S/c22-16-5-3-4-15(12-16)19-13-20(25-24-19)23-21(27)14-30-17-6-8-18(9-7-17)31(28,29)26-10-1-2-11-26/h3-9,12-13H,1-2,10-11,14H2,(H2,23,24,25,27). The highest BCUT2D eigenvalue weighted by atomic mass is 32.2. The maximum absolute atomic E-state index is 13.3. The van der Waals surface area contributed by atoms with Crippen LogP contribution in [0, 0.1) is 5.82 Å². The lowest BCUT2D eigenvalue weighted by Crippen LogP contribution is -2.27. The van der Waals surface area contributed by atoms with Crippen LogP contribution >= 0.6 is 0 Å². The predicted molar refractivity (Wildman–Crippen MR) is 113 cm³/mol. The van der Waals surface area contributed by atoms with E-state index in [4.69, 9.17) is 4.74 Å². The smallest absolute Gasteiger partial charge is 0.263 e. The first kappa shape index (κ1) is 21.0. The van der Waals surface area contributed by atoms with Crippen LogP contribution in [0.2, 0.25) is 0 Å². The number of nitrogens with zero attached hydrogens (tertiary/aromatic N) is 2. The molecule has 1 aliphatic rings. The van der Waals surface area contributed by atoms with Gasteiger partial charge in [0.25, 0.3) is 5.91 Å². The molecule has 0 bridgehead atoms. The third kappa shape index (κ3) is 4.92. The lowest BCUT2D eigenvalue weighted by molar-refractivity contribution is -0.118. The number of nitrogens with one attached hydrogen (secondary N) is 2. The van der Waals surface area contributed by atoms with Gasteiger partial charge in [-0.1, -0.05) is 12.1 Å². The Bertz CT molecular complexity index is 1170. The van der Waals surface area contributed by atoms with Gasteiger partial charge in [-0.05, 0) is 49.2 Å². The van der Waals surface area contributed by atoms with Crippen LogP contribution in [0.25, 0.3) is 11.3 Å². The predicted octanol–water partition coefficient (Wildman–Crippen LogP) is 3.02. The highest BCUT2D eigenvalue weighted by Crippen LogP contribution is 2.23. The van der Waals surface area contributed by atoms with Gasteiger partial charge >= 0.3 is 0 Å². The molecule has 3 aromatic rings. The Balaban J connectivity index is 1.32. The third-order valence-electron chi connectivity index (χ3n) is 4.88. The van der Waals surface area contributed by atoms with Crippen molar-refractivity contribution in [3.05, 3.63) is 60.4 Å². The van der Waals surface area contributed by atoms with E-state index in [1.807, 2.05) is 0 Å². The number of anilines is 1. The van der Waals surface area contributed by atoms with E-state index in [9.17, 15) is 17.6 Å². The largest absolute Gasteiger partial charge is 0.484 e. The molecule has 0 unspecified atom stereocenters. The minimum absolute atomic E-state index is 0.201. The number of sulfonamides is 1. The van der Waals surface area contributed by atoms with E-state index in [-0.39, 0.29) is 23.1 Å².